The highest BCUT2D eigenvalue weighted by Gasteiger charge is 2.39. The standard InChI is InChI=1S/C25H29N3O7S2/c1-4-35-15-14-27-20-12-7-17(24(30)34-3)16-22(20)36-25(27)26-23(29)21-6-5-13-28(21)37(31,32)19-10-8-18(33-2)9-11-19/h7-12,16,21H,4-6,13-15H2,1-3H3. The number of sulfonamides is 1. The molecular formula is C25H29N3O7S2. The molecule has 0 spiro atoms. The van der Waals surface area contributed by atoms with Crippen molar-refractivity contribution in [3.05, 3.63) is 52.8 Å². The lowest BCUT2D eigenvalue weighted by Gasteiger charge is -2.21. The second-order valence-corrected chi connectivity index (χ2v) is 11.2. The summed E-state index contributed by atoms with van der Waals surface area (Å²) in [7, 11) is -1.08. The van der Waals surface area contributed by atoms with E-state index in [1.165, 1.54) is 42.0 Å². The number of hydrogen-bond acceptors (Lipinski definition) is 8. The Bertz CT molecular complexity index is 1460. The number of benzene rings is 2. The summed E-state index contributed by atoms with van der Waals surface area (Å²) in [4.78, 5) is 30.3. The molecule has 2 aromatic carbocycles. The van der Waals surface area contributed by atoms with Crippen molar-refractivity contribution < 1.29 is 32.2 Å². The molecule has 0 radical (unpaired) electrons. The van der Waals surface area contributed by atoms with Crippen molar-refractivity contribution in [2.45, 2.75) is 37.2 Å². The highest BCUT2D eigenvalue weighted by Crippen LogP contribution is 2.28. The first kappa shape index (κ1) is 27.0. The molecule has 198 valence electrons. The third kappa shape index (κ3) is 5.61. The van der Waals surface area contributed by atoms with Gasteiger partial charge in [-0.05, 0) is 62.2 Å². The maximum absolute atomic E-state index is 13.4. The van der Waals surface area contributed by atoms with Gasteiger partial charge in [-0.3, -0.25) is 4.79 Å². The van der Waals surface area contributed by atoms with Crippen LogP contribution in [0.5, 0.6) is 5.75 Å². The molecule has 1 aliphatic heterocycles. The highest BCUT2D eigenvalue weighted by atomic mass is 32.2. The summed E-state index contributed by atoms with van der Waals surface area (Å²) in [5, 5.41) is 0. The van der Waals surface area contributed by atoms with Crippen LogP contribution in [0.15, 0.2) is 52.4 Å². The molecule has 3 aromatic rings. The van der Waals surface area contributed by atoms with Crippen LogP contribution in [0.25, 0.3) is 10.2 Å². The number of methoxy groups -OCH3 is 2. The summed E-state index contributed by atoms with van der Waals surface area (Å²) in [5.41, 5.74) is 1.18. The minimum absolute atomic E-state index is 0.0944. The number of carbonyl (C=O) groups is 2. The number of esters is 1. The van der Waals surface area contributed by atoms with Crippen LogP contribution in [-0.2, 0) is 30.8 Å². The lowest BCUT2D eigenvalue weighted by Crippen LogP contribution is -2.40. The number of rotatable bonds is 9. The first-order valence-electron chi connectivity index (χ1n) is 11.8. The molecule has 1 aliphatic rings. The second-order valence-electron chi connectivity index (χ2n) is 8.31. The number of aromatic nitrogens is 1. The molecule has 1 amide bonds. The molecule has 0 N–H and O–H groups in total. The van der Waals surface area contributed by atoms with Crippen molar-refractivity contribution in [3.8, 4) is 5.75 Å². The first-order valence-corrected chi connectivity index (χ1v) is 14.1. The van der Waals surface area contributed by atoms with Gasteiger partial charge in [0.2, 0.25) is 10.0 Å². The molecule has 12 heteroatoms. The fraction of sp³-hybridized carbons (Fsp3) is 0.400. The molecule has 4 rings (SSSR count). The number of thiazole rings is 1. The van der Waals surface area contributed by atoms with E-state index in [9.17, 15) is 18.0 Å². The van der Waals surface area contributed by atoms with Gasteiger partial charge in [-0.1, -0.05) is 11.3 Å². The van der Waals surface area contributed by atoms with E-state index in [0.29, 0.717) is 48.7 Å². The van der Waals surface area contributed by atoms with E-state index in [1.54, 1.807) is 30.3 Å². The summed E-state index contributed by atoms with van der Waals surface area (Å²) < 4.78 is 46.0. The minimum Gasteiger partial charge on any atom is -0.497 e. The Hall–Kier alpha value is -3.06. The molecule has 0 saturated carbocycles. The Morgan fingerprint density at radius 2 is 1.89 bits per heavy atom. The van der Waals surface area contributed by atoms with E-state index in [4.69, 9.17) is 14.2 Å². The van der Waals surface area contributed by atoms with E-state index >= 15 is 0 Å². The minimum atomic E-state index is -3.90. The van der Waals surface area contributed by atoms with Crippen molar-refractivity contribution in [3.63, 3.8) is 0 Å². The molecule has 10 nitrogen and oxygen atoms in total. The predicted molar refractivity (Wildman–Crippen MR) is 138 cm³/mol. The van der Waals surface area contributed by atoms with Crippen LogP contribution in [0, 0.1) is 0 Å². The maximum atomic E-state index is 13.4. The monoisotopic (exact) mass is 547 g/mol. The smallest absolute Gasteiger partial charge is 0.337 e. The van der Waals surface area contributed by atoms with Crippen molar-refractivity contribution >= 4 is 43.5 Å². The predicted octanol–water partition coefficient (Wildman–Crippen LogP) is 2.82. The molecule has 1 saturated heterocycles. The third-order valence-corrected chi connectivity index (χ3v) is 9.09. The number of carbonyl (C=O) groups excluding carboxylic acids is 2. The van der Waals surface area contributed by atoms with Gasteiger partial charge in [-0.25, -0.2) is 13.2 Å². The van der Waals surface area contributed by atoms with Crippen LogP contribution >= 0.6 is 11.3 Å². The normalized spacial score (nSPS) is 16.8. The topological polar surface area (TPSA) is 117 Å². The van der Waals surface area contributed by atoms with Gasteiger partial charge in [-0.15, -0.1) is 0 Å². The number of nitrogens with zero attached hydrogens (tertiary/aromatic N) is 3. The summed E-state index contributed by atoms with van der Waals surface area (Å²) >= 11 is 1.25. The van der Waals surface area contributed by atoms with Gasteiger partial charge in [0.25, 0.3) is 5.91 Å². The molecule has 2 heterocycles. The van der Waals surface area contributed by atoms with E-state index in [2.05, 4.69) is 4.99 Å². The van der Waals surface area contributed by atoms with Crippen LogP contribution in [-0.4, -0.2) is 69.2 Å². The van der Waals surface area contributed by atoms with Gasteiger partial charge in [-0.2, -0.15) is 9.30 Å². The van der Waals surface area contributed by atoms with Crippen LogP contribution in [0.3, 0.4) is 0 Å². The van der Waals surface area contributed by atoms with Crippen LogP contribution < -0.4 is 9.54 Å². The third-order valence-electron chi connectivity index (χ3n) is 6.13. The first-order chi connectivity index (χ1) is 17.8. The van der Waals surface area contributed by atoms with E-state index in [-0.39, 0.29) is 11.4 Å². The van der Waals surface area contributed by atoms with E-state index < -0.39 is 27.9 Å². The Balaban J connectivity index is 1.70. The zero-order chi connectivity index (χ0) is 26.6. The summed E-state index contributed by atoms with van der Waals surface area (Å²) in [6.07, 6.45) is 0.939. The SMILES string of the molecule is CCOCCn1c(=NC(=O)C2CCCN2S(=O)(=O)c2ccc(OC)cc2)sc2cc(C(=O)OC)ccc21. The molecule has 1 unspecified atom stereocenters. The van der Waals surface area contributed by atoms with E-state index in [0.717, 1.165) is 10.2 Å². The zero-order valence-electron chi connectivity index (χ0n) is 20.9. The van der Waals surface area contributed by atoms with Gasteiger partial charge >= 0.3 is 5.97 Å². The number of fused-ring (bicyclic) bond motifs is 1. The fourth-order valence-corrected chi connectivity index (χ4v) is 7.00. The van der Waals surface area contributed by atoms with Gasteiger partial charge in [0, 0.05) is 19.7 Å². The van der Waals surface area contributed by atoms with Gasteiger partial charge in [0.15, 0.2) is 4.80 Å². The molecule has 1 aromatic heterocycles. The molecular weight excluding hydrogens is 518 g/mol. The van der Waals surface area contributed by atoms with Gasteiger partial charge < -0.3 is 18.8 Å². The van der Waals surface area contributed by atoms with Crippen LogP contribution in [0.4, 0.5) is 0 Å². The second kappa shape index (κ2) is 11.5. The number of hydrogen-bond donors (Lipinski definition) is 0. The Morgan fingerprint density at radius 1 is 1.14 bits per heavy atom. The van der Waals surface area contributed by atoms with Crippen molar-refractivity contribution in [1.82, 2.24) is 8.87 Å². The van der Waals surface area contributed by atoms with Crippen molar-refractivity contribution in [2.24, 2.45) is 4.99 Å². The zero-order valence-corrected chi connectivity index (χ0v) is 22.5. The van der Waals surface area contributed by atoms with Crippen LogP contribution in [0.1, 0.15) is 30.1 Å². The van der Waals surface area contributed by atoms with Gasteiger partial charge in [0.1, 0.15) is 11.8 Å². The Morgan fingerprint density at radius 3 is 2.57 bits per heavy atom. The van der Waals surface area contributed by atoms with Crippen LogP contribution in [0.2, 0.25) is 0 Å². The number of ether oxygens (including phenoxy) is 3. The maximum Gasteiger partial charge on any atom is 0.337 e. The fourth-order valence-electron chi connectivity index (χ4n) is 4.25. The summed E-state index contributed by atoms with van der Waals surface area (Å²) in [6, 6.07) is 10.3. The van der Waals surface area contributed by atoms with Gasteiger partial charge in [0.05, 0.1) is 41.5 Å². The highest BCUT2D eigenvalue weighted by molar-refractivity contribution is 7.89. The van der Waals surface area contributed by atoms with E-state index in [1.807, 2.05) is 11.5 Å². The molecule has 0 bridgehead atoms. The quantitative estimate of drug-likeness (QED) is 0.299. The molecule has 37 heavy (non-hydrogen) atoms. The molecule has 0 aliphatic carbocycles. The average molecular weight is 548 g/mol. The lowest BCUT2D eigenvalue weighted by molar-refractivity contribution is -0.121. The van der Waals surface area contributed by atoms with Crippen molar-refractivity contribution in [1.29, 1.82) is 0 Å². The number of amides is 1. The summed E-state index contributed by atoms with van der Waals surface area (Å²) in [5.74, 6) is -0.449. The lowest BCUT2D eigenvalue weighted by atomic mass is 10.2. The van der Waals surface area contributed by atoms with Crippen molar-refractivity contribution in [2.75, 3.05) is 34.0 Å². The average Bonchev–Trinajstić information content (AvgIpc) is 3.54. The molecule has 1 fully saturated rings. The molecule has 1 atom stereocenters. The Kier molecular flexibility index (Phi) is 8.42. The largest absolute Gasteiger partial charge is 0.497 e. The Labute approximate surface area is 219 Å². The summed E-state index contributed by atoms with van der Waals surface area (Å²) in [6.45, 7) is 3.52.